The Bertz CT molecular complexity index is 709. The van der Waals surface area contributed by atoms with Crippen LogP contribution in [-0.2, 0) is 22.5 Å². The van der Waals surface area contributed by atoms with E-state index in [4.69, 9.17) is 14.5 Å². The van der Waals surface area contributed by atoms with Crippen molar-refractivity contribution in [2.24, 2.45) is 0 Å². The molecule has 0 N–H and O–H groups in total. The van der Waals surface area contributed by atoms with Crippen LogP contribution in [0, 0.1) is 0 Å². The first-order valence-electron chi connectivity index (χ1n) is 11.2. The number of carbonyl (C=O) groups is 1. The maximum Gasteiger partial charge on any atom is 0.273 e. The van der Waals surface area contributed by atoms with Crippen molar-refractivity contribution in [1.29, 1.82) is 0 Å². The van der Waals surface area contributed by atoms with Gasteiger partial charge in [0.1, 0.15) is 6.10 Å². The lowest BCUT2D eigenvalue weighted by Gasteiger charge is -2.41. The van der Waals surface area contributed by atoms with E-state index in [1.807, 2.05) is 4.90 Å². The van der Waals surface area contributed by atoms with Crippen LogP contribution in [0.1, 0.15) is 42.7 Å². The van der Waals surface area contributed by atoms with Gasteiger partial charge in [-0.3, -0.25) is 9.69 Å². The standard InChI is InChI=1S/C21H32N4O3S/c26-20(15-23-10-12-27-13-11-23)25-9-6-18-19(14-25)29-21(22-18)28-17-4-7-24(8-5-17)16-2-1-3-16/h16-17H,1-15H2. The Morgan fingerprint density at radius 1 is 1.10 bits per heavy atom. The summed E-state index contributed by atoms with van der Waals surface area (Å²) in [5.74, 6) is 0.219. The second-order valence-electron chi connectivity index (χ2n) is 8.74. The summed E-state index contributed by atoms with van der Waals surface area (Å²) in [6.45, 7) is 7.42. The van der Waals surface area contributed by atoms with Crippen LogP contribution in [0.2, 0.25) is 0 Å². The van der Waals surface area contributed by atoms with Gasteiger partial charge in [0, 0.05) is 45.2 Å². The molecule has 4 aliphatic rings. The second kappa shape index (κ2) is 8.88. The summed E-state index contributed by atoms with van der Waals surface area (Å²) in [7, 11) is 0. The first-order valence-corrected chi connectivity index (χ1v) is 12.0. The molecule has 1 aromatic rings. The zero-order chi connectivity index (χ0) is 19.6. The van der Waals surface area contributed by atoms with Gasteiger partial charge in [-0.15, -0.1) is 0 Å². The minimum atomic E-state index is 0.219. The smallest absolute Gasteiger partial charge is 0.273 e. The van der Waals surface area contributed by atoms with Crippen molar-refractivity contribution >= 4 is 17.2 Å². The fraction of sp³-hybridized carbons (Fsp3) is 0.810. The van der Waals surface area contributed by atoms with Crippen LogP contribution in [0.25, 0.3) is 0 Å². The number of nitrogens with zero attached hydrogens (tertiary/aromatic N) is 4. The number of rotatable bonds is 5. The maximum absolute atomic E-state index is 12.7. The van der Waals surface area contributed by atoms with Crippen molar-refractivity contribution in [2.45, 2.75) is 57.2 Å². The lowest BCUT2D eigenvalue weighted by atomic mass is 9.90. The predicted molar refractivity (Wildman–Crippen MR) is 111 cm³/mol. The first-order chi connectivity index (χ1) is 14.2. The molecule has 8 heteroatoms. The quantitative estimate of drug-likeness (QED) is 0.724. The summed E-state index contributed by atoms with van der Waals surface area (Å²) >= 11 is 1.64. The lowest BCUT2D eigenvalue weighted by molar-refractivity contribution is -0.134. The average Bonchev–Trinajstić information content (AvgIpc) is 3.10. The van der Waals surface area contributed by atoms with Gasteiger partial charge in [0.2, 0.25) is 5.91 Å². The number of carbonyl (C=O) groups excluding carboxylic acids is 1. The molecule has 2 saturated heterocycles. The number of hydrogen-bond acceptors (Lipinski definition) is 7. The Morgan fingerprint density at radius 2 is 1.90 bits per heavy atom. The van der Waals surface area contributed by atoms with E-state index < -0.39 is 0 Å². The molecule has 4 heterocycles. The van der Waals surface area contributed by atoms with Gasteiger partial charge in [0.05, 0.1) is 36.9 Å². The molecule has 1 aliphatic carbocycles. The third-order valence-corrected chi connectivity index (χ3v) is 7.84. The Balaban J connectivity index is 1.12. The molecule has 1 amide bonds. The highest BCUT2D eigenvalue weighted by atomic mass is 32.1. The molecule has 3 aliphatic heterocycles. The normalized spacial score (nSPS) is 24.9. The monoisotopic (exact) mass is 420 g/mol. The molecule has 1 saturated carbocycles. The fourth-order valence-electron chi connectivity index (χ4n) is 4.74. The van der Waals surface area contributed by atoms with Crippen molar-refractivity contribution in [1.82, 2.24) is 19.7 Å². The van der Waals surface area contributed by atoms with Gasteiger partial charge >= 0.3 is 0 Å². The van der Waals surface area contributed by atoms with E-state index in [2.05, 4.69) is 9.80 Å². The number of likely N-dealkylation sites (tertiary alicyclic amines) is 1. The Kier molecular flexibility index (Phi) is 6.04. The lowest BCUT2D eigenvalue weighted by Crippen LogP contribution is -2.46. The van der Waals surface area contributed by atoms with E-state index in [1.165, 1.54) is 24.1 Å². The van der Waals surface area contributed by atoms with Gasteiger partial charge in [-0.25, -0.2) is 4.98 Å². The van der Waals surface area contributed by atoms with Crippen LogP contribution in [-0.4, -0.2) is 90.2 Å². The van der Waals surface area contributed by atoms with Gasteiger partial charge in [-0.05, 0) is 25.7 Å². The molecule has 0 bridgehead atoms. The number of hydrogen-bond donors (Lipinski definition) is 0. The van der Waals surface area contributed by atoms with E-state index in [1.54, 1.807) is 11.3 Å². The number of amides is 1. The van der Waals surface area contributed by atoms with E-state index in [0.717, 1.165) is 82.1 Å². The summed E-state index contributed by atoms with van der Waals surface area (Å²) in [5.41, 5.74) is 1.13. The summed E-state index contributed by atoms with van der Waals surface area (Å²) in [6.07, 6.45) is 7.49. The van der Waals surface area contributed by atoms with Crippen LogP contribution >= 0.6 is 11.3 Å². The average molecular weight is 421 g/mol. The molecule has 0 atom stereocenters. The summed E-state index contributed by atoms with van der Waals surface area (Å²) in [6, 6.07) is 0.837. The molecule has 0 aromatic carbocycles. The van der Waals surface area contributed by atoms with Gasteiger partial charge < -0.3 is 19.3 Å². The molecule has 1 aromatic heterocycles. The van der Waals surface area contributed by atoms with Crippen molar-refractivity contribution in [2.75, 3.05) is 52.5 Å². The number of fused-ring (bicyclic) bond motifs is 1. The molecular weight excluding hydrogens is 388 g/mol. The molecule has 0 spiro atoms. The van der Waals surface area contributed by atoms with Crippen LogP contribution in [0.5, 0.6) is 5.19 Å². The van der Waals surface area contributed by atoms with E-state index >= 15 is 0 Å². The highest BCUT2D eigenvalue weighted by molar-refractivity contribution is 7.13. The van der Waals surface area contributed by atoms with Crippen LogP contribution in [0.4, 0.5) is 0 Å². The topological polar surface area (TPSA) is 58.1 Å². The molecule has 29 heavy (non-hydrogen) atoms. The summed E-state index contributed by atoms with van der Waals surface area (Å²) in [4.78, 5) is 25.5. The number of thiazole rings is 1. The minimum Gasteiger partial charge on any atom is -0.467 e. The zero-order valence-corrected chi connectivity index (χ0v) is 18.0. The highest BCUT2D eigenvalue weighted by Crippen LogP contribution is 2.33. The minimum absolute atomic E-state index is 0.219. The molecule has 0 radical (unpaired) electrons. The van der Waals surface area contributed by atoms with Crippen LogP contribution in [0.15, 0.2) is 0 Å². The van der Waals surface area contributed by atoms with Gasteiger partial charge in [0.25, 0.3) is 5.19 Å². The largest absolute Gasteiger partial charge is 0.467 e. The molecular formula is C21H32N4O3S. The fourth-order valence-corrected chi connectivity index (χ4v) is 5.78. The van der Waals surface area contributed by atoms with E-state index in [-0.39, 0.29) is 12.0 Å². The zero-order valence-electron chi connectivity index (χ0n) is 17.2. The maximum atomic E-state index is 12.7. The third kappa shape index (κ3) is 4.60. The Labute approximate surface area is 177 Å². The number of morpholine rings is 1. The van der Waals surface area contributed by atoms with Crippen molar-refractivity contribution < 1.29 is 14.3 Å². The van der Waals surface area contributed by atoms with Crippen molar-refractivity contribution in [3.8, 4) is 5.19 Å². The number of piperidine rings is 1. The van der Waals surface area contributed by atoms with Crippen molar-refractivity contribution in [3.63, 3.8) is 0 Å². The Morgan fingerprint density at radius 3 is 2.62 bits per heavy atom. The SMILES string of the molecule is O=C(CN1CCOCC1)N1CCc2nc(OC3CCN(C4CCC4)CC3)sc2C1. The van der Waals surface area contributed by atoms with E-state index in [0.29, 0.717) is 13.1 Å². The first kappa shape index (κ1) is 19.7. The predicted octanol–water partition coefficient (Wildman–Crippen LogP) is 1.76. The highest BCUT2D eigenvalue weighted by Gasteiger charge is 2.31. The van der Waals surface area contributed by atoms with E-state index in [9.17, 15) is 4.79 Å². The van der Waals surface area contributed by atoms with Gasteiger partial charge in [-0.2, -0.15) is 0 Å². The van der Waals surface area contributed by atoms with Crippen LogP contribution in [0.3, 0.4) is 0 Å². The second-order valence-corrected chi connectivity index (χ2v) is 9.79. The number of aromatic nitrogens is 1. The third-order valence-electron chi connectivity index (χ3n) is 6.86. The van der Waals surface area contributed by atoms with Gasteiger partial charge in [0.15, 0.2) is 0 Å². The van der Waals surface area contributed by atoms with Gasteiger partial charge in [-0.1, -0.05) is 17.8 Å². The molecule has 160 valence electrons. The number of ether oxygens (including phenoxy) is 2. The Hall–Kier alpha value is -1.22. The molecule has 7 nitrogen and oxygen atoms in total. The molecule has 0 unspecified atom stereocenters. The molecule has 5 rings (SSSR count). The summed E-state index contributed by atoms with van der Waals surface area (Å²) < 4.78 is 11.6. The van der Waals surface area contributed by atoms with Crippen molar-refractivity contribution in [3.05, 3.63) is 10.6 Å². The van der Waals surface area contributed by atoms with Crippen LogP contribution < -0.4 is 4.74 Å². The molecule has 3 fully saturated rings. The summed E-state index contributed by atoms with van der Waals surface area (Å²) in [5, 5.41) is 0.805.